The summed E-state index contributed by atoms with van der Waals surface area (Å²) >= 11 is 5.51. The molecule has 1 aliphatic carbocycles. The van der Waals surface area contributed by atoms with E-state index in [-0.39, 0.29) is 0 Å². The average molecular weight is 340 g/mol. The van der Waals surface area contributed by atoms with Crippen LogP contribution in [0.1, 0.15) is 37.7 Å². The Morgan fingerprint density at radius 3 is 2.29 bits per heavy atom. The Kier molecular flexibility index (Phi) is 5.70. The number of thiocarbonyl (C=S) groups is 1. The van der Waals surface area contributed by atoms with Crippen molar-refractivity contribution in [2.45, 2.75) is 45.1 Å². The molecule has 1 aliphatic rings. The van der Waals surface area contributed by atoms with Crippen LogP contribution < -0.4 is 16.0 Å². The van der Waals surface area contributed by atoms with Crippen LogP contribution in [0.5, 0.6) is 0 Å². The van der Waals surface area contributed by atoms with Crippen LogP contribution in [0.3, 0.4) is 0 Å². The Hall–Kier alpha value is -2.07. The molecule has 0 spiro atoms. The zero-order valence-electron chi connectivity index (χ0n) is 14.1. The smallest absolute Gasteiger partial charge is 0.171 e. The zero-order valence-corrected chi connectivity index (χ0v) is 15.0. The molecule has 1 fully saturated rings. The van der Waals surface area contributed by atoms with Gasteiger partial charge in [0.05, 0.1) is 11.4 Å². The van der Waals surface area contributed by atoms with Crippen molar-refractivity contribution in [1.29, 1.82) is 0 Å². The number of benzene rings is 2. The minimum atomic E-state index is 0.510. The minimum absolute atomic E-state index is 0.510. The summed E-state index contributed by atoms with van der Waals surface area (Å²) in [6.45, 7) is 2.09. The van der Waals surface area contributed by atoms with E-state index < -0.39 is 0 Å². The standard InChI is InChI=1S/C20H25N3S/c1-15-11-13-17(14-12-15)21-18-9-5-6-10-19(18)23-20(24)22-16-7-3-2-4-8-16/h5-6,9-14,16,21H,2-4,7-8H2,1H3,(H2,22,23,24). The highest BCUT2D eigenvalue weighted by atomic mass is 32.1. The Morgan fingerprint density at radius 2 is 1.58 bits per heavy atom. The molecule has 24 heavy (non-hydrogen) atoms. The molecule has 3 nitrogen and oxygen atoms in total. The predicted molar refractivity (Wildman–Crippen MR) is 107 cm³/mol. The van der Waals surface area contributed by atoms with E-state index in [1.54, 1.807) is 0 Å². The van der Waals surface area contributed by atoms with Crippen molar-refractivity contribution in [1.82, 2.24) is 5.32 Å². The van der Waals surface area contributed by atoms with Gasteiger partial charge in [-0.15, -0.1) is 0 Å². The van der Waals surface area contributed by atoms with Crippen molar-refractivity contribution in [2.24, 2.45) is 0 Å². The van der Waals surface area contributed by atoms with Crippen LogP contribution in [0.15, 0.2) is 48.5 Å². The summed E-state index contributed by atoms with van der Waals surface area (Å²) in [5.74, 6) is 0. The first-order valence-electron chi connectivity index (χ1n) is 8.71. The third-order valence-corrected chi connectivity index (χ3v) is 4.67. The first-order valence-corrected chi connectivity index (χ1v) is 9.12. The minimum Gasteiger partial charge on any atom is -0.360 e. The number of para-hydroxylation sites is 2. The SMILES string of the molecule is Cc1ccc(Nc2ccccc2NC(=S)NC2CCCCC2)cc1. The van der Waals surface area contributed by atoms with Gasteiger partial charge in [0.2, 0.25) is 0 Å². The lowest BCUT2D eigenvalue weighted by Gasteiger charge is -2.25. The van der Waals surface area contributed by atoms with E-state index in [0.29, 0.717) is 11.2 Å². The number of hydrogen-bond donors (Lipinski definition) is 3. The van der Waals surface area contributed by atoms with Crippen molar-refractivity contribution in [3.63, 3.8) is 0 Å². The lowest BCUT2D eigenvalue weighted by Crippen LogP contribution is -2.38. The second kappa shape index (κ2) is 8.15. The van der Waals surface area contributed by atoms with E-state index >= 15 is 0 Å². The van der Waals surface area contributed by atoms with Crippen molar-refractivity contribution < 1.29 is 0 Å². The maximum Gasteiger partial charge on any atom is 0.171 e. The third-order valence-electron chi connectivity index (χ3n) is 4.45. The second-order valence-corrected chi connectivity index (χ2v) is 6.88. The normalized spacial score (nSPS) is 14.9. The Morgan fingerprint density at radius 1 is 0.917 bits per heavy atom. The molecule has 4 heteroatoms. The van der Waals surface area contributed by atoms with Gasteiger partial charge in [-0.3, -0.25) is 0 Å². The highest BCUT2D eigenvalue weighted by Gasteiger charge is 2.14. The van der Waals surface area contributed by atoms with Gasteiger partial charge in [0.15, 0.2) is 5.11 Å². The highest BCUT2D eigenvalue weighted by Crippen LogP contribution is 2.25. The van der Waals surface area contributed by atoms with Gasteiger partial charge >= 0.3 is 0 Å². The van der Waals surface area contributed by atoms with Gasteiger partial charge in [-0.05, 0) is 56.2 Å². The van der Waals surface area contributed by atoms with Crippen molar-refractivity contribution in [3.05, 3.63) is 54.1 Å². The van der Waals surface area contributed by atoms with Crippen LogP contribution in [-0.2, 0) is 0 Å². The molecule has 0 amide bonds. The molecule has 0 aromatic heterocycles. The van der Waals surface area contributed by atoms with Crippen LogP contribution in [0, 0.1) is 6.92 Å². The molecule has 0 saturated heterocycles. The lowest BCUT2D eigenvalue weighted by atomic mass is 9.96. The fourth-order valence-corrected chi connectivity index (χ4v) is 3.36. The van der Waals surface area contributed by atoms with Gasteiger partial charge in [-0.25, -0.2) is 0 Å². The Bertz CT molecular complexity index is 676. The summed E-state index contributed by atoms with van der Waals surface area (Å²) in [5, 5.41) is 11.0. The largest absolute Gasteiger partial charge is 0.360 e. The summed E-state index contributed by atoms with van der Waals surface area (Å²) in [7, 11) is 0. The zero-order chi connectivity index (χ0) is 16.8. The van der Waals surface area contributed by atoms with Gasteiger partial charge in [0.1, 0.15) is 0 Å². The molecule has 0 aliphatic heterocycles. The van der Waals surface area contributed by atoms with Gasteiger partial charge < -0.3 is 16.0 Å². The molecule has 0 heterocycles. The summed E-state index contributed by atoms with van der Waals surface area (Å²) < 4.78 is 0. The monoisotopic (exact) mass is 339 g/mol. The number of nitrogens with one attached hydrogen (secondary N) is 3. The second-order valence-electron chi connectivity index (χ2n) is 6.47. The molecular formula is C20H25N3S. The van der Waals surface area contributed by atoms with Crippen LogP contribution in [0.4, 0.5) is 17.1 Å². The van der Waals surface area contributed by atoms with E-state index in [4.69, 9.17) is 12.2 Å². The maximum atomic E-state index is 5.51. The molecule has 3 N–H and O–H groups in total. The van der Waals surface area contributed by atoms with Gasteiger partial charge in [-0.1, -0.05) is 49.1 Å². The van der Waals surface area contributed by atoms with E-state index in [1.165, 1.54) is 37.7 Å². The van der Waals surface area contributed by atoms with Crippen LogP contribution in [0.2, 0.25) is 0 Å². The third kappa shape index (κ3) is 4.71. The molecule has 126 valence electrons. The molecule has 2 aromatic carbocycles. The summed E-state index contributed by atoms with van der Waals surface area (Å²) in [4.78, 5) is 0. The maximum absolute atomic E-state index is 5.51. The molecule has 0 unspecified atom stereocenters. The van der Waals surface area contributed by atoms with E-state index in [0.717, 1.165) is 17.1 Å². The molecule has 1 saturated carbocycles. The van der Waals surface area contributed by atoms with Crippen LogP contribution >= 0.6 is 12.2 Å². The van der Waals surface area contributed by atoms with Gasteiger partial charge in [-0.2, -0.15) is 0 Å². The average Bonchev–Trinajstić information content (AvgIpc) is 2.59. The molecule has 0 atom stereocenters. The summed E-state index contributed by atoms with van der Waals surface area (Å²) in [5.41, 5.74) is 4.34. The topological polar surface area (TPSA) is 36.1 Å². The number of anilines is 3. The number of rotatable bonds is 4. The quantitative estimate of drug-likeness (QED) is 0.656. The summed E-state index contributed by atoms with van der Waals surface area (Å²) in [6.07, 6.45) is 6.37. The van der Waals surface area contributed by atoms with E-state index in [1.807, 2.05) is 18.2 Å². The van der Waals surface area contributed by atoms with Gasteiger partial charge in [0.25, 0.3) is 0 Å². The fourth-order valence-electron chi connectivity index (χ4n) is 3.08. The number of hydrogen-bond acceptors (Lipinski definition) is 2. The first-order chi connectivity index (χ1) is 11.7. The van der Waals surface area contributed by atoms with E-state index in [2.05, 4.69) is 53.2 Å². The molecule has 0 bridgehead atoms. The van der Waals surface area contributed by atoms with Crippen molar-refractivity contribution >= 4 is 34.4 Å². The molecule has 0 radical (unpaired) electrons. The van der Waals surface area contributed by atoms with Crippen molar-refractivity contribution in [3.8, 4) is 0 Å². The highest BCUT2D eigenvalue weighted by molar-refractivity contribution is 7.80. The lowest BCUT2D eigenvalue weighted by molar-refractivity contribution is 0.415. The van der Waals surface area contributed by atoms with Crippen LogP contribution in [0.25, 0.3) is 0 Å². The Labute approximate surface area is 149 Å². The fraction of sp³-hybridized carbons (Fsp3) is 0.350. The van der Waals surface area contributed by atoms with E-state index in [9.17, 15) is 0 Å². The first kappa shape index (κ1) is 16.8. The summed E-state index contributed by atoms with van der Waals surface area (Å²) in [6, 6.07) is 17.1. The molecule has 3 rings (SSSR count). The Balaban J connectivity index is 1.64. The molecule has 2 aromatic rings. The van der Waals surface area contributed by atoms with Gasteiger partial charge in [0, 0.05) is 11.7 Å². The predicted octanol–water partition coefficient (Wildman–Crippen LogP) is 5.36. The number of aryl methyl sites for hydroxylation is 1. The van der Waals surface area contributed by atoms with Crippen molar-refractivity contribution in [2.75, 3.05) is 10.6 Å². The van der Waals surface area contributed by atoms with Crippen LogP contribution in [-0.4, -0.2) is 11.2 Å². The molecular weight excluding hydrogens is 314 g/mol.